The number of alkyl halides is 1. The monoisotopic (exact) mass is 239 g/mol. The third-order valence-corrected chi connectivity index (χ3v) is 2.38. The molecule has 0 radical (unpaired) electrons. The average molecular weight is 239 g/mol. The lowest BCUT2D eigenvalue weighted by atomic mass is 10.2. The normalized spacial score (nSPS) is 10.7. The molecule has 4 nitrogen and oxygen atoms in total. The second-order valence-corrected chi connectivity index (χ2v) is 3.43. The van der Waals surface area contributed by atoms with Crippen LogP contribution in [0.4, 0.5) is 8.78 Å². The van der Waals surface area contributed by atoms with Gasteiger partial charge in [-0.3, -0.25) is 9.20 Å². The van der Waals surface area contributed by atoms with Crippen molar-refractivity contribution in [2.24, 2.45) is 0 Å². The maximum atomic E-state index is 13.1. The Labute approximate surface area is 93.7 Å². The zero-order valence-electron chi connectivity index (χ0n) is 8.48. The summed E-state index contributed by atoms with van der Waals surface area (Å²) in [5.41, 5.74) is -1.22. The highest BCUT2D eigenvalue weighted by molar-refractivity contribution is 5.87. The Kier molecular flexibility index (Phi) is 2.63. The van der Waals surface area contributed by atoms with Crippen LogP contribution in [-0.2, 0) is 6.67 Å². The summed E-state index contributed by atoms with van der Waals surface area (Å²) >= 11 is 0. The summed E-state index contributed by atoms with van der Waals surface area (Å²) in [7, 11) is 0. The van der Waals surface area contributed by atoms with Crippen molar-refractivity contribution in [2.75, 3.05) is 0 Å². The van der Waals surface area contributed by atoms with Gasteiger partial charge < -0.3 is 5.11 Å². The van der Waals surface area contributed by atoms with Gasteiger partial charge in [0.05, 0.1) is 5.52 Å². The number of nitrogens with zero attached hydrogens (tertiary/aromatic N) is 1. The number of pyridine rings is 2. The number of carboxylic acid groups (broad SMARTS) is 1. The molecule has 0 fully saturated rings. The second-order valence-electron chi connectivity index (χ2n) is 3.43. The lowest BCUT2D eigenvalue weighted by molar-refractivity contribution is 0.0694. The Morgan fingerprint density at radius 1 is 1.41 bits per heavy atom. The highest BCUT2D eigenvalue weighted by atomic mass is 19.1. The average Bonchev–Trinajstić information content (AvgIpc) is 2.28. The fourth-order valence-electron chi connectivity index (χ4n) is 1.61. The van der Waals surface area contributed by atoms with Crippen LogP contribution in [0.15, 0.2) is 29.2 Å². The zero-order valence-corrected chi connectivity index (χ0v) is 8.48. The van der Waals surface area contributed by atoms with Crippen LogP contribution in [0.5, 0.6) is 0 Å². The van der Waals surface area contributed by atoms with Gasteiger partial charge in [0.1, 0.15) is 18.1 Å². The molecule has 0 aliphatic rings. The van der Waals surface area contributed by atoms with Crippen molar-refractivity contribution in [2.45, 2.75) is 6.67 Å². The van der Waals surface area contributed by atoms with Crippen LogP contribution >= 0.6 is 0 Å². The van der Waals surface area contributed by atoms with Gasteiger partial charge >= 0.3 is 5.97 Å². The van der Waals surface area contributed by atoms with Crippen LogP contribution in [0.1, 0.15) is 15.9 Å². The maximum Gasteiger partial charge on any atom is 0.341 e. The first-order chi connectivity index (χ1) is 8.04. The van der Waals surface area contributed by atoms with Crippen molar-refractivity contribution >= 4 is 11.5 Å². The summed E-state index contributed by atoms with van der Waals surface area (Å²) in [6, 6.07) is 3.32. The molecule has 2 aromatic rings. The van der Waals surface area contributed by atoms with Gasteiger partial charge in [0, 0.05) is 11.8 Å². The van der Waals surface area contributed by atoms with Gasteiger partial charge in [0.25, 0.3) is 5.56 Å². The minimum atomic E-state index is -1.41. The highest BCUT2D eigenvalue weighted by Gasteiger charge is 2.13. The summed E-state index contributed by atoms with van der Waals surface area (Å²) in [5.74, 6) is -2.20. The molecule has 2 aromatic heterocycles. The first kappa shape index (κ1) is 11.3. The summed E-state index contributed by atoms with van der Waals surface area (Å²) in [6.45, 7) is -0.937. The Hall–Kier alpha value is -2.24. The van der Waals surface area contributed by atoms with Crippen LogP contribution < -0.4 is 5.56 Å². The first-order valence-electron chi connectivity index (χ1n) is 4.67. The molecule has 6 heteroatoms. The van der Waals surface area contributed by atoms with Crippen LogP contribution in [0, 0.1) is 5.82 Å². The van der Waals surface area contributed by atoms with Crippen molar-refractivity contribution in [1.82, 2.24) is 4.40 Å². The number of hydrogen-bond donors (Lipinski definition) is 1. The van der Waals surface area contributed by atoms with Crippen molar-refractivity contribution in [3.63, 3.8) is 0 Å². The Morgan fingerprint density at radius 2 is 2.12 bits per heavy atom. The predicted octanol–water partition coefficient (Wildman–Crippen LogP) is 1.61. The molecule has 0 bridgehead atoms. The van der Waals surface area contributed by atoms with Gasteiger partial charge in [-0.15, -0.1) is 0 Å². The molecule has 0 spiro atoms. The molecule has 88 valence electrons. The minimum Gasteiger partial charge on any atom is -0.477 e. The standard InChI is InChI=1S/C11H7F2NO3/c12-4-6-3-7(13)5-14-9(6)2-1-8(10(14)15)11(16)17/h1-3,5H,4H2,(H,16,17). The van der Waals surface area contributed by atoms with E-state index in [2.05, 4.69) is 0 Å². The first-order valence-corrected chi connectivity index (χ1v) is 4.67. The molecule has 17 heavy (non-hydrogen) atoms. The zero-order chi connectivity index (χ0) is 12.6. The van der Waals surface area contributed by atoms with Crippen molar-refractivity contribution in [1.29, 1.82) is 0 Å². The second kappa shape index (κ2) is 3.97. The molecule has 0 aliphatic heterocycles. The smallest absolute Gasteiger partial charge is 0.341 e. The molecule has 0 aromatic carbocycles. The summed E-state index contributed by atoms with van der Waals surface area (Å²) in [5, 5.41) is 8.74. The highest BCUT2D eigenvalue weighted by Crippen LogP contribution is 2.13. The van der Waals surface area contributed by atoms with Crippen LogP contribution in [-0.4, -0.2) is 15.5 Å². The van der Waals surface area contributed by atoms with Crippen LogP contribution in [0.2, 0.25) is 0 Å². The number of carboxylic acids is 1. The van der Waals surface area contributed by atoms with E-state index in [1.165, 1.54) is 6.07 Å². The van der Waals surface area contributed by atoms with Gasteiger partial charge in [-0.2, -0.15) is 0 Å². The van der Waals surface area contributed by atoms with E-state index in [-0.39, 0.29) is 11.1 Å². The molecule has 0 saturated carbocycles. The van der Waals surface area contributed by atoms with Gasteiger partial charge in [-0.05, 0) is 18.2 Å². The summed E-state index contributed by atoms with van der Waals surface area (Å²) < 4.78 is 26.6. The van der Waals surface area contributed by atoms with E-state index in [0.29, 0.717) is 0 Å². The van der Waals surface area contributed by atoms with E-state index >= 15 is 0 Å². The predicted molar refractivity (Wildman–Crippen MR) is 55.4 cm³/mol. The number of halogens is 2. The number of rotatable bonds is 2. The molecule has 0 amide bonds. The maximum absolute atomic E-state index is 13.1. The number of fused-ring (bicyclic) bond motifs is 1. The molecule has 2 rings (SSSR count). The third-order valence-electron chi connectivity index (χ3n) is 2.38. The number of aromatic carboxylic acids is 1. The molecule has 0 saturated heterocycles. The van der Waals surface area contributed by atoms with Crippen LogP contribution in [0.25, 0.3) is 5.52 Å². The van der Waals surface area contributed by atoms with Gasteiger partial charge in [0.2, 0.25) is 0 Å². The van der Waals surface area contributed by atoms with Gasteiger partial charge in [0.15, 0.2) is 0 Å². The van der Waals surface area contributed by atoms with E-state index in [1.807, 2.05) is 0 Å². The van der Waals surface area contributed by atoms with E-state index in [1.54, 1.807) is 0 Å². The molecule has 0 aliphatic carbocycles. The number of carbonyl (C=O) groups is 1. The third kappa shape index (κ3) is 1.77. The van der Waals surface area contributed by atoms with Gasteiger partial charge in [-0.1, -0.05) is 0 Å². The quantitative estimate of drug-likeness (QED) is 0.866. The van der Waals surface area contributed by atoms with Crippen molar-refractivity contribution in [3.8, 4) is 0 Å². The van der Waals surface area contributed by atoms with Crippen LogP contribution in [0.3, 0.4) is 0 Å². The SMILES string of the molecule is O=C(O)c1ccc2c(CF)cc(F)cn2c1=O. The molecular formula is C11H7F2NO3. The Balaban J connectivity index is 2.91. The lowest BCUT2D eigenvalue weighted by Gasteiger charge is -2.06. The fourth-order valence-corrected chi connectivity index (χ4v) is 1.61. The van der Waals surface area contributed by atoms with E-state index in [4.69, 9.17) is 5.11 Å². The van der Waals surface area contributed by atoms with E-state index < -0.39 is 29.6 Å². The largest absolute Gasteiger partial charge is 0.477 e. The fraction of sp³-hybridized carbons (Fsp3) is 0.0909. The van der Waals surface area contributed by atoms with E-state index in [0.717, 1.165) is 22.7 Å². The molecular weight excluding hydrogens is 232 g/mol. The summed E-state index contributed by atoms with van der Waals surface area (Å²) in [4.78, 5) is 22.4. The Bertz CT molecular complexity index is 664. The van der Waals surface area contributed by atoms with Crippen molar-refractivity contribution in [3.05, 3.63) is 51.7 Å². The van der Waals surface area contributed by atoms with Gasteiger partial charge in [-0.25, -0.2) is 13.6 Å². The molecule has 2 heterocycles. The topological polar surface area (TPSA) is 58.8 Å². The molecule has 0 atom stereocenters. The summed E-state index contributed by atoms with van der Waals surface area (Å²) in [6.07, 6.45) is 0.837. The number of aromatic nitrogens is 1. The van der Waals surface area contributed by atoms with Crippen molar-refractivity contribution < 1.29 is 18.7 Å². The molecule has 1 N–H and O–H groups in total. The number of hydrogen-bond acceptors (Lipinski definition) is 2. The molecule has 0 unspecified atom stereocenters. The minimum absolute atomic E-state index is 0.000890. The lowest BCUT2D eigenvalue weighted by Crippen LogP contribution is -2.22. The van der Waals surface area contributed by atoms with E-state index in [9.17, 15) is 18.4 Å². The Morgan fingerprint density at radius 3 is 2.71 bits per heavy atom.